The number of halogens is 1. The fraction of sp³-hybridized carbons (Fsp3) is 0.222. The SMILES string of the molecule is CNC(=O)c1ccc(NC(=O)NCCc2ccc(OC)cc2)cc1Cl. The van der Waals surface area contributed by atoms with Gasteiger partial charge in [-0.2, -0.15) is 0 Å². The highest BCUT2D eigenvalue weighted by Gasteiger charge is 2.10. The molecule has 0 saturated heterocycles. The Morgan fingerprint density at radius 1 is 1.12 bits per heavy atom. The highest BCUT2D eigenvalue weighted by atomic mass is 35.5. The Hall–Kier alpha value is -2.73. The van der Waals surface area contributed by atoms with Gasteiger partial charge in [0.1, 0.15) is 5.75 Å². The first-order chi connectivity index (χ1) is 12.0. The number of carbonyl (C=O) groups is 2. The van der Waals surface area contributed by atoms with E-state index in [0.717, 1.165) is 11.3 Å². The minimum atomic E-state index is -0.336. The molecule has 25 heavy (non-hydrogen) atoms. The van der Waals surface area contributed by atoms with Crippen molar-refractivity contribution < 1.29 is 14.3 Å². The van der Waals surface area contributed by atoms with Crippen LogP contribution < -0.4 is 20.7 Å². The Morgan fingerprint density at radius 2 is 1.84 bits per heavy atom. The topological polar surface area (TPSA) is 79.5 Å². The first-order valence-electron chi connectivity index (χ1n) is 7.73. The lowest BCUT2D eigenvalue weighted by Crippen LogP contribution is -2.30. The van der Waals surface area contributed by atoms with Crippen LogP contribution in [0.3, 0.4) is 0 Å². The number of methoxy groups -OCH3 is 1. The second-order valence-electron chi connectivity index (χ2n) is 5.25. The molecule has 2 aromatic carbocycles. The molecule has 0 fully saturated rings. The molecule has 0 atom stereocenters. The molecular weight excluding hydrogens is 342 g/mol. The number of anilines is 1. The minimum absolute atomic E-state index is 0.274. The van der Waals surface area contributed by atoms with Gasteiger partial charge in [-0.1, -0.05) is 23.7 Å². The monoisotopic (exact) mass is 361 g/mol. The van der Waals surface area contributed by atoms with Gasteiger partial charge < -0.3 is 20.7 Å². The summed E-state index contributed by atoms with van der Waals surface area (Å²) in [5.41, 5.74) is 1.97. The number of hydrogen-bond donors (Lipinski definition) is 3. The molecule has 2 aromatic rings. The summed E-state index contributed by atoms with van der Waals surface area (Å²) in [6.07, 6.45) is 0.702. The zero-order chi connectivity index (χ0) is 18.2. The molecule has 0 aliphatic carbocycles. The highest BCUT2D eigenvalue weighted by Crippen LogP contribution is 2.21. The van der Waals surface area contributed by atoms with Crippen molar-refractivity contribution in [2.24, 2.45) is 0 Å². The molecule has 2 rings (SSSR count). The van der Waals surface area contributed by atoms with E-state index < -0.39 is 0 Å². The standard InChI is InChI=1S/C18H20ClN3O3/c1-20-17(23)15-8-5-13(11-16(15)19)22-18(24)21-10-9-12-3-6-14(25-2)7-4-12/h3-8,11H,9-10H2,1-2H3,(H,20,23)(H2,21,22,24). The van der Waals surface area contributed by atoms with E-state index in [2.05, 4.69) is 16.0 Å². The van der Waals surface area contributed by atoms with E-state index in [-0.39, 0.29) is 17.0 Å². The summed E-state index contributed by atoms with van der Waals surface area (Å²) in [4.78, 5) is 23.5. The van der Waals surface area contributed by atoms with E-state index in [0.29, 0.717) is 24.2 Å². The molecule has 0 heterocycles. The molecule has 0 aliphatic rings. The van der Waals surface area contributed by atoms with Crippen molar-refractivity contribution in [3.8, 4) is 5.75 Å². The summed E-state index contributed by atoms with van der Waals surface area (Å²) >= 11 is 6.05. The number of carbonyl (C=O) groups excluding carboxylic acids is 2. The van der Waals surface area contributed by atoms with Crippen LogP contribution in [-0.2, 0) is 6.42 Å². The number of hydrogen-bond acceptors (Lipinski definition) is 3. The predicted octanol–water partition coefficient (Wildman–Crippen LogP) is 3.07. The Kier molecular flexibility index (Phi) is 6.65. The fourth-order valence-electron chi connectivity index (χ4n) is 2.20. The molecule has 7 heteroatoms. The van der Waals surface area contributed by atoms with Gasteiger partial charge in [-0.25, -0.2) is 4.79 Å². The van der Waals surface area contributed by atoms with Crippen molar-refractivity contribution in [3.05, 3.63) is 58.6 Å². The molecular formula is C18H20ClN3O3. The molecule has 0 unspecified atom stereocenters. The van der Waals surface area contributed by atoms with Crippen LogP contribution in [0.1, 0.15) is 15.9 Å². The maximum absolute atomic E-state index is 11.9. The number of amides is 3. The lowest BCUT2D eigenvalue weighted by Gasteiger charge is -2.10. The Morgan fingerprint density at radius 3 is 2.44 bits per heavy atom. The highest BCUT2D eigenvalue weighted by molar-refractivity contribution is 6.34. The van der Waals surface area contributed by atoms with Gasteiger partial charge in [-0.3, -0.25) is 4.79 Å². The van der Waals surface area contributed by atoms with Gasteiger partial charge in [0.15, 0.2) is 0 Å². The van der Waals surface area contributed by atoms with Gasteiger partial charge >= 0.3 is 6.03 Å². The quantitative estimate of drug-likeness (QED) is 0.739. The lowest BCUT2D eigenvalue weighted by molar-refractivity contribution is 0.0963. The second-order valence-corrected chi connectivity index (χ2v) is 5.66. The largest absolute Gasteiger partial charge is 0.497 e. The predicted molar refractivity (Wildman–Crippen MR) is 98.6 cm³/mol. The van der Waals surface area contributed by atoms with Crippen molar-refractivity contribution in [2.45, 2.75) is 6.42 Å². The van der Waals surface area contributed by atoms with E-state index >= 15 is 0 Å². The third kappa shape index (κ3) is 5.39. The van der Waals surface area contributed by atoms with E-state index in [1.165, 1.54) is 13.1 Å². The normalized spacial score (nSPS) is 10.0. The third-order valence-corrected chi connectivity index (χ3v) is 3.87. The van der Waals surface area contributed by atoms with Crippen LogP contribution in [0.25, 0.3) is 0 Å². The van der Waals surface area contributed by atoms with Crippen LogP contribution in [0.2, 0.25) is 5.02 Å². The van der Waals surface area contributed by atoms with Crippen LogP contribution in [0.5, 0.6) is 5.75 Å². The number of ether oxygens (including phenoxy) is 1. The van der Waals surface area contributed by atoms with Crippen molar-refractivity contribution in [1.29, 1.82) is 0 Å². The average molecular weight is 362 g/mol. The summed E-state index contributed by atoms with van der Waals surface area (Å²) in [7, 11) is 3.15. The van der Waals surface area contributed by atoms with Crippen LogP contribution in [0.15, 0.2) is 42.5 Å². The third-order valence-electron chi connectivity index (χ3n) is 3.56. The maximum Gasteiger partial charge on any atom is 0.319 e. The number of urea groups is 1. The molecule has 0 saturated carbocycles. The Bertz CT molecular complexity index is 748. The molecule has 0 aromatic heterocycles. The van der Waals surface area contributed by atoms with Crippen LogP contribution in [0.4, 0.5) is 10.5 Å². The van der Waals surface area contributed by atoms with Crippen molar-refractivity contribution in [1.82, 2.24) is 10.6 Å². The lowest BCUT2D eigenvalue weighted by atomic mass is 10.1. The molecule has 0 radical (unpaired) electrons. The Balaban J connectivity index is 1.83. The number of nitrogens with one attached hydrogen (secondary N) is 3. The van der Waals surface area contributed by atoms with Crippen LogP contribution in [0, 0.1) is 0 Å². The number of benzene rings is 2. The first kappa shape index (κ1) is 18.6. The number of rotatable bonds is 6. The van der Waals surface area contributed by atoms with Gasteiger partial charge in [-0.05, 0) is 42.3 Å². The minimum Gasteiger partial charge on any atom is -0.497 e. The zero-order valence-electron chi connectivity index (χ0n) is 14.1. The van der Waals surface area contributed by atoms with Gasteiger partial charge in [0.05, 0.1) is 17.7 Å². The molecule has 0 bridgehead atoms. The fourth-order valence-corrected chi connectivity index (χ4v) is 2.47. The van der Waals surface area contributed by atoms with Gasteiger partial charge in [-0.15, -0.1) is 0 Å². The first-order valence-corrected chi connectivity index (χ1v) is 8.10. The van der Waals surface area contributed by atoms with Gasteiger partial charge in [0.2, 0.25) is 0 Å². The summed E-state index contributed by atoms with van der Waals surface area (Å²) in [6, 6.07) is 12.1. The second kappa shape index (κ2) is 8.94. The molecule has 6 nitrogen and oxygen atoms in total. The van der Waals surface area contributed by atoms with Crippen molar-refractivity contribution >= 4 is 29.2 Å². The van der Waals surface area contributed by atoms with Gasteiger partial charge in [0.25, 0.3) is 5.91 Å². The van der Waals surface area contributed by atoms with E-state index in [1.54, 1.807) is 19.2 Å². The summed E-state index contributed by atoms with van der Waals surface area (Å²) < 4.78 is 5.10. The van der Waals surface area contributed by atoms with Gasteiger partial charge in [0, 0.05) is 19.3 Å². The maximum atomic E-state index is 11.9. The summed E-state index contributed by atoms with van der Waals surface area (Å²) in [6.45, 7) is 0.488. The molecule has 132 valence electrons. The molecule has 0 spiro atoms. The van der Waals surface area contributed by atoms with Crippen LogP contribution in [-0.4, -0.2) is 32.6 Å². The Labute approximate surface area is 151 Å². The summed E-state index contributed by atoms with van der Waals surface area (Å²) in [5, 5.41) is 8.23. The van der Waals surface area contributed by atoms with Crippen molar-refractivity contribution in [3.63, 3.8) is 0 Å². The molecule has 3 N–H and O–H groups in total. The molecule has 3 amide bonds. The molecule has 0 aliphatic heterocycles. The average Bonchev–Trinajstić information content (AvgIpc) is 2.62. The smallest absolute Gasteiger partial charge is 0.319 e. The summed E-state index contributed by atoms with van der Waals surface area (Å²) in [5.74, 6) is 0.520. The van der Waals surface area contributed by atoms with Crippen molar-refractivity contribution in [2.75, 3.05) is 26.0 Å². The van der Waals surface area contributed by atoms with Crippen LogP contribution >= 0.6 is 11.6 Å². The van der Waals surface area contributed by atoms with E-state index in [1.807, 2.05) is 24.3 Å². The van der Waals surface area contributed by atoms with E-state index in [4.69, 9.17) is 16.3 Å². The zero-order valence-corrected chi connectivity index (χ0v) is 14.8. The van der Waals surface area contributed by atoms with E-state index in [9.17, 15) is 9.59 Å².